The first-order chi connectivity index (χ1) is 23.1. The highest BCUT2D eigenvalue weighted by molar-refractivity contribution is 7.26. The van der Waals surface area contributed by atoms with Crippen LogP contribution in [0.5, 0.6) is 0 Å². The number of hydrogen-bond donors (Lipinski definition) is 0. The lowest BCUT2D eigenvalue weighted by molar-refractivity contribution is 0.660. The Bertz CT molecular complexity index is 2700. The lowest BCUT2D eigenvalue weighted by atomic mass is 9.81. The van der Waals surface area contributed by atoms with E-state index in [4.69, 9.17) is 0 Å². The molecule has 1 aliphatic carbocycles. The van der Waals surface area contributed by atoms with E-state index in [2.05, 4.69) is 170 Å². The van der Waals surface area contributed by atoms with Gasteiger partial charge in [0, 0.05) is 42.0 Å². The number of para-hydroxylation sites is 1. The zero-order chi connectivity index (χ0) is 31.3. The Morgan fingerprint density at radius 3 is 2.09 bits per heavy atom. The van der Waals surface area contributed by atoms with E-state index in [1.807, 2.05) is 11.3 Å². The average molecular weight is 618 g/mol. The van der Waals surface area contributed by atoms with Crippen LogP contribution >= 0.6 is 11.3 Å². The second-order valence-electron chi connectivity index (χ2n) is 13.3. The van der Waals surface area contributed by atoms with Gasteiger partial charge < -0.3 is 4.57 Å². The van der Waals surface area contributed by atoms with Gasteiger partial charge in [0.05, 0.1) is 11.0 Å². The van der Waals surface area contributed by atoms with Gasteiger partial charge in [0.15, 0.2) is 0 Å². The fourth-order valence-corrected chi connectivity index (χ4v) is 9.33. The molecule has 0 atom stereocenters. The molecule has 0 unspecified atom stereocenters. The van der Waals surface area contributed by atoms with Crippen LogP contribution < -0.4 is 0 Å². The summed E-state index contributed by atoms with van der Waals surface area (Å²) in [5, 5.41) is 5.25. The Kier molecular flexibility index (Phi) is 5.57. The molecule has 0 amide bonds. The van der Waals surface area contributed by atoms with Crippen molar-refractivity contribution in [3.63, 3.8) is 0 Å². The Hall–Kier alpha value is -5.44. The fraction of sp³-hybridized carbons (Fsp3) is 0.0667. The lowest BCUT2D eigenvalue weighted by Crippen LogP contribution is -2.14. The number of aromatic nitrogens is 1. The molecule has 2 heterocycles. The quantitative estimate of drug-likeness (QED) is 0.186. The van der Waals surface area contributed by atoms with Crippen molar-refractivity contribution in [3.8, 4) is 39.1 Å². The molecular weight excluding hydrogens is 587 g/mol. The third-order valence-corrected chi connectivity index (χ3v) is 11.5. The molecule has 0 radical (unpaired) electrons. The van der Waals surface area contributed by atoms with Gasteiger partial charge >= 0.3 is 0 Å². The summed E-state index contributed by atoms with van der Waals surface area (Å²) in [6.45, 7) is 4.75. The summed E-state index contributed by atoms with van der Waals surface area (Å²) in [5.74, 6) is 0. The number of rotatable bonds is 3. The highest BCUT2D eigenvalue weighted by Crippen LogP contribution is 2.52. The van der Waals surface area contributed by atoms with Gasteiger partial charge in [-0.3, -0.25) is 0 Å². The van der Waals surface area contributed by atoms with Gasteiger partial charge in [-0.2, -0.15) is 0 Å². The molecule has 1 nitrogen and oxygen atoms in total. The molecule has 7 aromatic carbocycles. The maximum absolute atomic E-state index is 2.52. The Morgan fingerprint density at radius 1 is 0.468 bits per heavy atom. The van der Waals surface area contributed by atoms with E-state index < -0.39 is 0 Å². The average Bonchev–Trinajstić information content (AvgIpc) is 3.74. The van der Waals surface area contributed by atoms with Crippen LogP contribution in [-0.4, -0.2) is 4.57 Å². The van der Waals surface area contributed by atoms with Crippen LogP contribution in [0.1, 0.15) is 25.0 Å². The first kappa shape index (κ1) is 26.7. The summed E-state index contributed by atoms with van der Waals surface area (Å²) in [5.41, 5.74) is 14.2. The van der Waals surface area contributed by atoms with Crippen molar-refractivity contribution >= 4 is 53.3 Å². The predicted octanol–water partition coefficient (Wildman–Crippen LogP) is 12.8. The molecule has 2 heteroatoms. The van der Waals surface area contributed by atoms with Crippen LogP contribution in [-0.2, 0) is 5.41 Å². The number of nitrogens with zero attached hydrogens (tertiary/aromatic N) is 1. The van der Waals surface area contributed by atoms with E-state index in [0.717, 1.165) is 0 Å². The van der Waals surface area contributed by atoms with E-state index >= 15 is 0 Å². The molecule has 222 valence electrons. The topological polar surface area (TPSA) is 4.93 Å². The molecule has 0 aliphatic heterocycles. The van der Waals surface area contributed by atoms with Crippen molar-refractivity contribution in [1.29, 1.82) is 0 Å². The zero-order valence-electron chi connectivity index (χ0n) is 26.3. The molecule has 47 heavy (non-hydrogen) atoms. The van der Waals surface area contributed by atoms with Crippen molar-refractivity contribution in [2.45, 2.75) is 19.3 Å². The summed E-state index contributed by atoms with van der Waals surface area (Å²) in [6, 6.07) is 56.2. The van der Waals surface area contributed by atoms with Gasteiger partial charge in [-0.1, -0.05) is 129 Å². The molecule has 9 aromatic rings. The minimum Gasteiger partial charge on any atom is -0.309 e. The maximum Gasteiger partial charge on any atom is 0.0640 e. The molecule has 0 bridgehead atoms. The number of hydrogen-bond acceptors (Lipinski definition) is 1. The van der Waals surface area contributed by atoms with Crippen LogP contribution in [0.4, 0.5) is 0 Å². The van der Waals surface area contributed by atoms with E-state index in [-0.39, 0.29) is 5.41 Å². The van der Waals surface area contributed by atoms with E-state index in [1.165, 1.54) is 92.2 Å². The van der Waals surface area contributed by atoms with Gasteiger partial charge in [-0.25, -0.2) is 0 Å². The molecule has 0 N–H and O–H groups in total. The Balaban J connectivity index is 1.34. The molecule has 0 fully saturated rings. The van der Waals surface area contributed by atoms with Crippen LogP contribution in [0.2, 0.25) is 0 Å². The summed E-state index contributed by atoms with van der Waals surface area (Å²) in [4.78, 5) is 0. The maximum atomic E-state index is 2.52. The first-order valence-electron chi connectivity index (χ1n) is 16.4. The van der Waals surface area contributed by atoms with Crippen molar-refractivity contribution in [2.75, 3.05) is 0 Å². The number of fused-ring (bicyclic) bond motifs is 10. The van der Waals surface area contributed by atoms with Crippen LogP contribution in [0, 0.1) is 0 Å². The highest BCUT2D eigenvalue weighted by Gasteiger charge is 2.35. The van der Waals surface area contributed by atoms with Crippen LogP contribution in [0.25, 0.3) is 81.0 Å². The van der Waals surface area contributed by atoms with E-state index in [0.29, 0.717) is 0 Å². The van der Waals surface area contributed by atoms with Crippen LogP contribution in [0.3, 0.4) is 0 Å². The second-order valence-corrected chi connectivity index (χ2v) is 14.4. The third kappa shape index (κ3) is 3.77. The molecule has 2 aromatic heterocycles. The fourth-order valence-electron chi connectivity index (χ4n) is 8.19. The Labute approximate surface area is 278 Å². The van der Waals surface area contributed by atoms with Gasteiger partial charge in [0.2, 0.25) is 0 Å². The van der Waals surface area contributed by atoms with Gasteiger partial charge in [0.25, 0.3) is 0 Å². The zero-order valence-corrected chi connectivity index (χ0v) is 27.1. The summed E-state index contributed by atoms with van der Waals surface area (Å²) in [7, 11) is 0. The minimum atomic E-state index is -0.0609. The van der Waals surface area contributed by atoms with Gasteiger partial charge in [-0.05, 0) is 80.9 Å². The SMILES string of the molecule is CC1(C)c2ccccc2-c2ccc(-c3cc4sc5ccccc5c4c4c3c3ccccc3n4-c3cccc(-c4ccccc4)c3)cc21. The molecule has 10 rings (SSSR count). The van der Waals surface area contributed by atoms with E-state index in [1.54, 1.807) is 0 Å². The highest BCUT2D eigenvalue weighted by atomic mass is 32.1. The normalized spacial score (nSPS) is 13.5. The Morgan fingerprint density at radius 2 is 1.19 bits per heavy atom. The largest absolute Gasteiger partial charge is 0.309 e. The molecule has 0 saturated carbocycles. The lowest BCUT2D eigenvalue weighted by Gasteiger charge is -2.22. The van der Waals surface area contributed by atoms with Gasteiger partial charge in [0.1, 0.15) is 0 Å². The smallest absolute Gasteiger partial charge is 0.0640 e. The first-order valence-corrected chi connectivity index (χ1v) is 17.2. The molecular formula is C45H31NS. The molecule has 1 aliphatic rings. The van der Waals surface area contributed by atoms with Crippen molar-refractivity contribution in [3.05, 3.63) is 163 Å². The second kappa shape index (κ2) is 9.78. The summed E-state index contributed by atoms with van der Waals surface area (Å²) < 4.78 is 5.16. The predicted molar refractivity (Wildman–Crippen MR) is 202 cm³/mol. The van der Waals surface area contributed by atoms with Gasteiger partial charge in [-0.15, -0.1) is 11.3 Å². The summed E-state index contributed by atoms with van der Waals surface area (Å²) >= 11 is 1.90. The monoisotopic (exact) mass is 617 g/mol. The standard InChI is InChI=1S/C45H31NS/c1-45(2)37-20-9-6-17-32(37)33-24-23-30(26-38(33)45)36-27-41-43(35-19-8-11-22-40(35)47-41)44-42(36)34-18-7-10-21-39(34)46(44)31-16-12-15-29(25-31)28-13-4-3-5-14-28/h3-27H,1-2H3. The van der Waals surface area contributed by atoms with Crippen LogP contribution in [0.15, 0.2) is 152 Å². The minimum absolute atomic E-state index is 0.0609. The van der Waals surface area contributed by atoms with E-state index in [9.17, 15) is 0 Å². The molecule has 0 saturated heterocycles. The molecule has 0 spiro atoms. The summed E-state index contributed by atoms with van der Waals surface area (Å²) in [6.07, 6.45) is 0. The van der Waals surface area contributed by atoms with Crippen molar-refractivity contribution < 1.29 is 0 Å². The van der Waals surface area contributed by atoms with Crippen molar-refractivity contribution in [1.82, 2.24) is 4.57 Å². The number of thiophene rings is 1. The van der Waals surface area contributed by atoms with Crippen molar-refractivity contribution in [2.24, 2.45) is 0 Å². The third-order valence-electron chi connectivity index (χ3n) is 10.4. The number of benzene rings is 7.